The number of nitrogens with one attached hydrogen (secondary N) is 2. The Morgan fingerprint density at radius 2 is 2.17 bits per heavy atom. The molecule has 24 heavy (non-hydrogen) atoms. The Kier molecular flexibility index (Phi) is 5.20. The van der Waals surface area contributed by atoms with E-state index in [0.29, 0.717) is 30.8 Å². The Morgan fingerprint density at radius 3 is 3.00 bits per heavy atom. The number of benzene rings is 1. The third-order valence-electron chi connectivity index (χ3n) is 4.24. The summed E-state index contributed by atoms with van der Waals surface area (Å²) in [5.74, 6) is -3.08. The van der Waals surface area contributed by atoms with Crippen LogP contribution in [0.2, 0.25) is 0 Å². The van der Waals surface area contributed by atoms with Gasteiger partial charge in [-0.1, -0.05) is 6.07 Å². The quantitative estimate of drug-likeness (QED) is 0.901. The Morgan fingerprint density at radius 1 is 1.29 bits per heavy atom. The van der Waals surface area contributed by atoms with E-state index in [1.54, 1.807) is 29.1 Å². The fourth-order valence-electron chi connectivity index (χ4n) is 2.89. The van der Waals surface area contributed by atoms with E-state index in [1.165, 1.54) is 12.1 Å². The van der Waals surface area contributed by atoms with Crippen LogP contribution >= 0.6 is 0 Å². The number of alkyl halides is 2. The normalized spacial score (nSPS) is 21.2. The van der Waals surface area contributed by atoms with Crippen molar-refractivity contribution in [2.45, 2.75) is 37.8 Å². The summed E-state index contributed by atoms with van der Waals surface area (Å²) in [5, 5.41) is 10.3. The maximum absolute atomic E-state index is 14.2. The molecule has 1 saturated heterocycles. The molecule has 0 amide bonds. The third kappa shape index (κ3) is 4.15. The highest BCUT2D eigenvalue weighted by Gasteiger charge is 2.38. The Balaban J connectivity index is 1.64. The molecule has 2 N–H and O–H groups in total. The van der Waals surface area contributed by atoms with Gasteiger partial charge in [-0.15, -0.1) is 0 Å². The molecular weight excluding hydrogens is 317 g/mol. The first-order valence-electron chi connectivity index (χ1n) is 8.17. The van der Waals surface area contributed by atoms with Crippen molar-refractivity contribution in [3.63, 3.8) is 0 Å². The van der Waals surface area contributed by atoms with E-state index in [4.69, 9.17) is 0 Å². The van der Waals surface area contributed by atoms with Crippen molar-refractivity contribution in [2.75, 3.05) is 13.1 Å². The Bertz CT molecular complexity index is 671. The van der Waals surface area contributed by atoms with Crippen LogP contribution in [0, 0.1) is 5.82 Å². The summed E-state index contributed by atoms with van der Waals surface area (Å²) in [4.78, 5) is 0. The number of nitrogens with zero attached hydrogens (tertiary/aromatic N) is 2. The van der Waals surface area contributed by atoms with Gasteiger partial charge in [-0.3, -0.25) is 0 Å². The molecule has 1 aliphatic heterocycles. The molecule has 7 heteroatoms. The van der Waals surface area contributed by atoms with Crippen LogP contribution < -0.4 is 10.6 Å². The second kappa shape index (κ2) is 7.36. The van der Waals surface area contributed by atoms with Crippen LogP contribution in [-0.4, -0.2) is 34.8 Å². The van der Waals surface area contributed by atoms with E-state index >= 15 is 0 Å². The van der Waals surface area contributed by atoms with Gasteiger partial charge < -0.3 is 10.6 Å². The van der Waals surface area contributed by atoms with Crippen LogP contribution in [0.5, 0.6) is 0 Å². The lowest BCUT2D eigenvalue weighted by Gasteiger charge is -2.30. The standard InChI is InChI=1S/C17H21F3N4/c18-13-3-1-4-15(11-13)24-10-6-14(23-24)12-22-16-5-2-8-21-9-7-17(16,19)20/h1,3-4,6,10-11,16,21-22H,2,5,7-9,12H2. The van der Waals surface area contributed by atoms with Crippen molar-refractivity contribution >= 4 is 0 Å². The molecule has 0 aliphatic carbocycles. The van der Waals surface area contributed by atoms with Crippen molar-refractivity contribution in [3.8, 4) is 5.69 Å². The van der Waals surface area contributed by atoms with Gasteiger partial charge in [-0.2, -0.15) is 5.10 Å². The molecule has 2 heterocycles. The second-order valence-electron chi connectivity index (χ2n) is 6.07. The number of hydrogen-bond donors (Lipinski definition) is 2. The average Bonchev–Trinajstić information content (AvgIpc) is 3.00. The maximum Gasteiger partial charge on any atom is 0.264 e. The molecule has 1 fully saturated rings. The van der Waals surface area contributed by atoms with E-state index in [-0.39, 0.29) is 18.8 Å². The highest BCUT2D eigenvalue weighted by atomic mass is 19.3. The molecule has 0 spiro atoms. The van der Waals surface area contributed by atoms with Crippen LogP contribution in [0.25, 0.3) is 5.69 Å². The minimum Gasteiger partial charge on any atom is -0.317 e. The lowest BCUT2D eigenvalue weighted by Crippen LogP contribution is -2.47. The van der Waals surface area contributed by atoms with E-state index in [9.17, 15) is 13.2 Å². The molecule has 1 aromatic heterocycles. The van der Waals surface area contributed by atoms with Gasteiger partial charge in [0.25, 0.3) is 5.92 Å². The molecule has 1 aliphatic rings. The average molecular weight is 338 g/mol. The first kappa shape index (κ1) is 17.0. The predicted octanol–water partition coefficient (Wildman–Crippen LogP) is 2.88. The van der Waals surface area contributed by atoms with E-state index in [2.05, 4.69) is 15.7 Å². The fourth-order valence-corrected chi connectivity index (χ4v) is 2.89. The minimum atomic E-state index is -2.74. The van der Waals surface area contributed by atoms with Crippen LogP contribution in [0.15, 0.2) is 36.5 Å². The summed E-state index contributed by atoms with van der Waals surface area (Å²) in [6.07, 6.45) is 2.67. The van der Waals surface area contributed by atoms with Crippen molar-refractivity contribution < 1.29 is 13.2 Å². The topological polar surface area (TPSA) is 41.9 Å². The smallest absolute Gasteiger partial charge is 0.264 e. The van der Waals surface area contributed by atoms with Crippen molar-refractivity contribution in [1.29, 1.82) is 0 Å². The molecule has 1 aromatic carbocycles. The molecular formula is C17H21F3N4. The summed E-state index contributed by atoms with van der Waals surface area (Å²) in [7, 11) is 0. The SMILES string of the molecule is Fc1cccc(-n2ccc(CNC3CCCNCCC3(F)F)n2)c1. The molecule has 1 unspecified atom stereocenters. The van der Waals surface area contributed by atoms with E-state index < -0.39 is 12.0 Å². The monoisotopic (exact) mass is 338 g/mol. The first-order valence-corrected chi connectivity index (χ1v) is 8.17. The zero-order valence-electron chi connectivity index (χ0n) is 13.3. The van der Waals surface area contributed by atoms with Crippen LogP contribution in [0.4, 0.5) is 13.2 Å². The highest BCUT2D eigenvalue weighted by molar-refractivity contribution is 5.31. The Hall–Kier alpha value is -1.86. The zero-order valence-corrected chi connectivity index (χ0v) is 13.3. The largest absolute Gasteiger partial charge is 0.317 e. The first-order chi connectivity index (χ1) is 11.5. The second-order valence-corrected chi connectivity index (χ2v) is 6.07. The van der Waals surface area contributed by atoms with Crippen LogP contribution in [0.1, 0.15) is 25.0 Å². The number of aromatic nitrogens is 2. The van der Waals surface area contributed by atoms with Crippen molar-refractivity contribution in [1.82, 2.24) is 20.4 Å². The van der Waals surface area contributed by atoms with Crippen LogP contribution in [0.3, 0.4) is 0 Å². The van der Waals surface area contributed by atoms with Gasteiger partial charge in [0, 0.05) is 25.7 Å². The highest BCUT2D eigenvalue weighted by Crippen LogP contribution is 2.27. The fraction of sp³-hybridized carbons (Fsp3) is 0.471. The van der Waals surface area contributed by atoms with Gasteiger partial charge in [-0.25, -0.2) is 17.9 Å². The molecule has 130 valence electrons. The van der Waals surface area contributed by atoms with Gasteiger partial charge >= 0.3 is 0 Å². The molecule has 0 bridgehead atoms. The van der Waals surface area contributed by atoms with Gasteiger partial charge in [-0.05, 0) is 43.7 Å². The number of hydrogen-bond acceptors (Lipinski definition) is 3. The van der Waals surface area contributed by atoms with Crippen molar-refractivity contribution in [3.05, 3.63) is 48.0 Å². The van der Waals surface area contributed by atoms with E-state index in [1.807, 2.05) is 0 Å². The number of halogens is 3. The van der Waals surface area contributed by atoms with Gasteiger partial charge in [0.05, 0.1) is 17.4 Å². The molecule has 0 radical (unpaired) electrons. The molecule has 0 saturated carbocycles. The Labute approximate surface area is 139 Å². The molecule has 2 aromatic rings. The summed E-state index contributed by atoms with van der Waals surface area (Å²) < 4.78 is 43.1. The summed E-state index contributed by atoms with van der Waals surface area (Å²) >= 11 is 0. The summed E-state index contributed by atoms with van der Waals surface area (Å²) in [5.41, 5.74) is 1.25. The van der Waals surface area contributed by atoms with Crippen molar-refractivity contribution in [2.24, 2.45) is 0 Å². The lowest BCUT2D eigenvalue weighted by atomic mass is 9.99. The van der Waals surface area contributed by atoms with E-state index in [0.717, 1.165) is 6.54 Å². The van der Waals surface area contributed by atoms with Gasteiger partial charge in [0.2, 0.25) is 0 Å². The van der Waals surface area contributed by atoms with Crippen LogP contribution in [-0.2, 0) is 6.54 Å². The minimum absolute atomic E-state index is 0.164. The molecule has 1 atom stereocenters. The summed E-state index contributed by atoms with van der Waals surface area (Å²) in [6, 6.07) is 6.98. The lowest BCUT2D eigenvalue weighted by molar-refractivity contribution is -0.0507. The number of rotatable bonds is 4. The zero-order chi connectivity index (χ0) is 17.0. The molecule has 3 rings (SSSR count). The summed E-state index contributed by atoms with van der Waals surface area (Å²) in [6.45, 7) is 1.36. The third-order valence-corrected chi connectivity index (χ3v) is 4.24. The van der Waals surface area contributed by atoms with Gasteiger partial charge in [0.1, 0.15) is 5.82 Å². The maximum atomic E-state index is 14.2. The predicted molar refractivity (Wildman–Crippen MR) is 85.8 cm³/mol. The molecule has 4 nitrogen and oxygen atoms in total. The van der Waals surface area contributed by atoms with Gasteiger partial charge in [0.15, 0.2) is 0 Å².